The first-order chi connectivity index (χ1) is 17.7. The third-order valence-corrected chi connectivity index (χ3v) is 6.00. The summed E-state index contributed by atoms with van der Waals surface area (Å²) in [5.41, 5.74) is 6.26. The highest BCUT2D eigenvalue weighted by atomic mass is 16.6. The van der Waals surface area contributed by atoms with Gasteiger partial charge < -0.3 is 26.0 Å². The minimum Gasteiger partial charge on any atom is -0.444 e. The largest absolute Gasteiger partial charge is 0.444 e. The van der Waals surface area contributed by atoms with E-state index in [2.05, 4.69) is 24.5 Å². The van der Waals surface area contributed by atoms with Gasteiger partial charge in [0.05, 0.1) is 6.42 Å². The Kier molecular flexibility index (Phi) is 13.3. The number of aryl methyl sites for hydroxylation is 1. The van der Waals surface area contributed by atoms with Gasteiger partial charge in [0.1, 0.15) is 17.7 Å². The fraction of sp³-hybridized carbons (Fsp3) is 0.655. The van der Waals surface area contributed by atoms with Crippen molar-refractivity contribution >= 4 is 23.8 Å². The van der Waals surface area contributed by atoms with Gasteiger partial charge in [-0.2, -0.15) is 0 Å². The lowest BCUT2D eigenvalue weighted by Gasteiger charge is -2.38. The highest BCUT2D eigenvalue weighted by Crippen LogP contribution is 2.28. The lowest BCUT2D eigenvalue weighted by Crippen LogP contribution is -2.56. The number of nitrogens with zero attached hydrogens (tertiary/aromatic N) is 1. The summed E-state index contributed by atoms with van der Waals surface area (Å²) in [6.07, 6.45) is 1.89. The molecule has 38 heavy (non-hydrogen) atoms. The number of hydrogen-bond donors (Lipinski definition) is 3. The van der Waals surface area contributed by atoms with Crippen LogP contribution in [0.2, 0.25) is 0 Å². The Labute approximate surface area is 228 Å². The first kappa shape index (κ1) is 32.9. The number of alkyl carbamates (subject to hydrolysis) is 1. The molecule has 1 rings (SSSR count). The number of carbonyl (C=O) groups excluding carboxylic acids is 4. The Morgan fingerprint density at radius 2 is 1.74 bits per heavy atom. The zero-order valence-electron chi connectivity index (χ0n) is 24.4. The zero-order chi connectivity index (χ0) is 29.0. The lowest BCUT2D eigenvalue weighted by molar-refractivity contribution is -0.146. The monoisotopic (exact) mass is 532 g/mol. The van der Waals surface area contributed by atoms with Crippen molar-refractivity contribution < 1.29 is 23.9 Å². The van der Waals surface area contributed by atoms with Crippen molar-refractivity contribution in [1.82, 2.24) is 15.5 Å². The van der Waals surface area contributed by atoms with E-state index in [-0.39, 0.29) is 11.9 Å². The molecule has 4 amide bonds. The molecule has 0 aromatic heterocycles. The van der Waals surface area contributed by atoms with Crippen LogP contribution in [-0.2, 0) is 19.1 Å². The topological polar surface area (TPSA) is 131 Å². The first-order valence-corrected chi connectivity index (χ1v) is 13.6. The van der Waals surface area contributed by atoms with Crippen LogP contribution in [0.5, 0.6) is 0 Å². The molecule has 0 aliphatic carbocycles. The Morgan fingerprint density at radius 1 is 1.08 bits per heavy atom. The summed E-state index contributed by atoms with van der Waals surface area (Å²) in [6, 6.07) is 4.84. The van der Waals surface area contributed by atoms with E-state index in [4.69, 9.17) is 10.5 Å². The number of unbranched alkanes of at least 4 members (excludes halogenated alkanes) is 1. The Hall–Kier alpha value is -3.10. The molecule has 4 N–H and O–H groups in total. The summed E-state index contributed by atoms with van der Waals surface area (Å²) in [6.45, 7) is 15.6. The van der Waals surface area contributed by atoms with Crippen molar-refractivity contribution in [1.29, 1.82) is 0 Å². The molecule has 0 aliphatic rings. The molecule has 0 saturated heterocycles. The fourth-order valence-corrected chi connectivity index (χ4v) is 4.11. The Balaban J connectivity index is 3.59. The van der Waals surface area contributed by atoms with Crippen molar-refractivity contribution in [2.75, 3.05) is 6.54 Å². The summed E-state index contributed by atoms with van der Waals surface area (Å²) < 4.78 is 5.34. The molecule has 1 aromatic rings. The molecule has 9 nitrogen and oxygen atoms in total. The van der Waals surface area contributed by atoms with Gasteiger partial charge in [-0.1, -0.05) is 57.0 Å². The first-order valence-electron chi connectivity index (χ1n) is 13.6. The van der Waals surface area contributed by atoms with Crippen molar-refractivity contribution in [2.45, 2.75) is 111 Å². The van der Waals surface area contributed by atoms with Crippen LogP contribution in [0, 0.1) is 12.8 Å². The number of amides is 4. The number of nitrogens with one attached hydrogen (secondary N) is 2. The lowest BCUT2D eigenvalue weighted by atomic mass is 9.96. The molecule has 0 bridgehead atoms. The van der Waals surface area contributed by atoms with Crippen LogP contribution < -0.4 is 16.4 Å². The summed E-state index contributed by atoms with van der Waals surface area (Å²) in [5, 5.41) is 5.50. The van der Waals surface area contributed by atoms with Crippen LogP contribution >= 0.6 is 0 Å². The molecule has 3 atom stereocenters. The van der Waals surface area contributed by atoms with Crippen molar-refractivity contribution in [3.63, 3.8) is 0 Å². The quantitative estimate of drug-likeness (QED) is 0.306. The maximum Gasteiger partial charge on any atom is 0.408 e. The fourth-order valence-electron chi connectivity index (χ4n) is 4.11. The van der Waals surface area contributed by atoms with E-state index in [1.807, 2.05) is 45.0 Å². The molecule has 9 heteroatoms. The molecule has 0 saturated carbocycles. The second-order valence-electron chi connectivity index (χ2n) is 11.4. The standard InChI is InChI=1S/C29H48N4O5/c1-9-10-16-31-26(35)25(22-13-11-12-20(4)17-22)33(21(5)15-14-19(2)3)27(36)23(18-24(30)34)32-28(37)38-29(6,7)8/h11-13,17,19,21,23,25H,9-10,14-16,18H2,1-8H3,(H2,30,34)(H,31,35)(H,32,37). The predicted molar refractivity (Wildman–Crippen MR) is 149 cm³/mol. The molecule has 0 fully saturated rings. The average Bonchev–Trinajstić information content (AvgIpc) is 2.78. The van der Waals surface area contributed by atoms with Gasteiger partial charge in [0.25, 0.3) is 0 Å². The number of rotatable bonds is 14. The number of nitrogens with two attached hydrogens (primary N) is 1. The van der Waals surface area contributed by atoms with Crippen LogP contribution in [-0.4, -0.2) is 52.9 Å². The summed E-state index contributed by atoms with van der Waals surface area (Å²) in [5.74, 6) is -1.26. The Morgan fingerprint density at radius 3 is 2.26 bits per heavy atom. The van der Waals surface area contributed by atoms with E-state index in [0.717, 1.165) is 24.8 Å². The molecular formula is C29H48N4O5. The van der Waals surface area contributed by atoms with Gasteiger partial charge in [-0.25, -0.2) is 4.79 Å². The second-order valence-corrected chi connectivity index (χ2v) is 11.4. The number of hydrogen-bond acceptors (Lipinski definition) is 5. The van der Waals surface area contributed by atoms with Crippen LogP contribution in [0.25, 0.3) is 0 Å². The number of ether oxygens (including phenoxy) is 1. The number of benzene rings is 1. The van der Waals surface area contributed by atoms with Gasteiger partial charge in [0.2, 0.25) is 17.7 Å². The van der Waals surface area contributed by atoms with Crippen molar-refractivity contribution in [2.24, 2.45) is 11.7 Å². The Bertz CT molecular complexity index is 941. The normalized spacial score (nSPS) is 13.8. The SMILES string of the molecule is CCCCNC(=O)C(c1cccc(C)c1)N(C(=O)C(CC(N)=O)NC(=O)OC(C)(C)C)C(C)CCC(C)C. The third kappa shape index (κ3) is 11.5. The minimum atomic E-state index is -1.29. The smallest absolute Gasteiger partial charge is 0.408 e. The third-order valence-electron chi connectivity index (χ3n) is 6.00. The van der Waals surface area contributed by atoms with Gasteiger partial charge in [-0.15, -0.1) is 0 Å². The number of primary amides is 1. The van der Waals surface area contributed by atoms with Crippen LogP contribution in [0.15, 0.2) is 24.3 Å². The maximum atomic E-state index is 14.2. The minimum absolute atomic E-state index is 0.316. The molecular weight excluding hydrogens is 484 g/mol. The van der Waals surface area contributed by atoms with E-state index < -0.39 is 42.0 Å². The summed E-state index contributed by atoms with van der Waals surface area (Å²) in [4.78, 5) is 53.9. The maximum absolute atomic E-state index is 14.2. The highest BCUT2D eigenvalue weighted by molar-refractivity contribution is 5.94. The second kappa shape index (κ2) is 15.3. The highest BCUT2D eigenvalue weighted by Gasteiger charge is 2.39. The van der Waals surface area contributed by atoms with Gasteiger partial charge >= 0.3 is 6.09 Å². The molecule has 0 heterocycles. The van der Waals surface area contributed by atoms with Crippen LogP contribution in [0.3, 0.4) is 0 Å². The van der Waals surface area contributed by atoms with E-state index in [1.165, 1.54) is 4.90 Å². The van der Waals surface area contributed by atoms with Crippen molar-refractivity contribution in [3.8, 4) is 0 Å². The van der Waals surface area contributed by atoms with E-state index in [1.54, 1.807) is 20.8 Å². The molecule has 0 radical (unpaired) electrons. The van der Waals surface area contributed by atoms with E-state index >= 15 is 0 Å². The van der Waals surface area contributed by atoms with Crippen LogP contribution in [0.4, 0.5) is 4.79 Å². The number of carbonyl (C=O) groups is 4. The molecule has 3 unspecified atom stereocenters. The van der Waals surface area contributed by atoms with Crippen LogP contribution in [0.1, 0.15) is 97.7 Å². The van der Waals surface area contributed by atoms with Gasteiger partial charge in [-0.3, -0.25) is 14.4 Å². The molecule has 1 aromatic carbocycles. The zero-order valence-corrected chi connectivity index (χ0v) is 24.4. The predicted octanol–water partition coefficient (Wildman–Crippen LogP) is 4.37. The summed E-state index contributed by atoms with van der Waals surface area (Å²) >= 11 is 0. The molecule has 214 valence electrons. The average molecular weight is 533 g/mol. The van der Waals surface area contributed by atoms with Gasteiger partial charge in [0.15, 0.2) is 0 Å². The van der Waals surface area contributed by atoms with Gasteiger partial charge in [0, 0.05) is 12.6 Å². The van der Waals surface area contributed by atoms with Gasteiger partial charge in [-0.05, 0) is 65.4 Å². The van der Waals surface area contributed by atoms with E-state index in [9.17, 15) is 19.2 Å². The summed E-state index contributed by atoms with van der Waals surface area (Å²) in [7, 11) is 0. The molecule has 0 spiro atoms. The molecule has 0 aliphatic heterocycles. The van der Waals surface area contributed by atoms with Crippen molar-refractivity contribution in [3.05, 3.63) is 35.4 Å². The van der Waals surface area contributed by atoms with E-state index in [0.29, 0.717) is 24.4 Å².